The van der Waals surface area contributed by atoms with E-state index in [1.54, 1.807) is 6.20 Å². The molecule has 5 heteroatoms. The van der Waals surface area contributed by atoms with Crippen LogP contribution in [0, 0.1) is 0 Å². The predicted octanol–water partition coefficient (Wildman–Crippen LogP) is 2.71. The largest absolute Gasteiger partial charge is 0.492 e. The number of rotatable bonds is 7. The van der Waals surface area contributed by atoms with Crippen molar-refractivity contribution >= 4 is 16.9 Å². The smallest absolute Gasteiger partial charge is 0.314 e. The minimum Gasteiger partial charge on any atom is -0.492 e. The lowest BCUT2D eigenvalue weighted by Crippen LogP contribution is -2.38. The normalized spacial score (nSPS) is 10.3. The van der Waals surface area contributed by atoms with Gasteiger partial charge in [0.15, 0.2) is 0 Å². The molecule has 0 aliphatic heterocycles. The summed E-state index contributed by atoms with van der Waals surface area (Å²) in [6.07, 6.45) is 3.83. The molecule has 112 valence electrons. The van der Waals surface area contributed by atoms with Gasteiger partial charge < -0.3 is 15.4 Å². The third kappa shape index (κ3) is 4.95. The van der Waals surface area contributed by atoms with Gasteiger partial charge in [-0.2, -0.15) is 0 Å². The highest BCUT2D eigenvalue weighted by molar-refractivity contribution is 5.79. The molecule has 0 aliphatic rings. The lowest BCUT2D eigenvalue weighted by Gasteiger charge is -2.09. The highest BCUT2D eigenvalue weighted by Gasteiger charge is 2.00. The van der Waals surface area contributed by atoms with Gasteiger partial charge >= 0.3 is 6.03 Å². The van der Waals surface area contributed by atoms with Crippen molar-refractivity contribution in [2.45, 2.75) is 19.8 Å². The van der Waals surface area contributed by atoms with E-state index in [1.807, 2.05) is 30.3 Å². The van der Waals surface area contributed by atoms with Crippen LogP contribution >= 0.6 is 0 Å². The molecule has 2 N–H and O–H groups in total. The van der Waals surface area contributed by atoms with Crippen LogP contribution < -0.4 is 15.4 Å². The van der Waals surface area contributed by atoms with Crippen LogP contribution in [0.3, 0.4) is 0 Å². The van der Waals surface area contributed by atoms with Gasteiger partial charge in [0.05, 0.1) is 12.1 Å². The van der Waals surface area contributed by atoms with Gasteiger partial charge in [-0.15, -0.1) is 0 Å². The number of nitrogens with zero attached hydrogens (tertiary/aromatic N) is 1. The van der Waals surface area contributed by atoms with E-state index in [2.05, 4.69) is 22.5 Å². The summed E-state index contributed by atoms with van der Waals surface area (Å²) in [7, 11) is 0. The lowest BCUT2D eigenvalue weighted by atomic mass is 10.2. The third-order valence-corrected chi connectivity index (χ3v) is 3.05. The van der Waals surface area contributed by atoms with Crippen molar-refractivity contribution < 1.29 is 9.53 Å². The Labute approximate surface area is 124 Å². The molecule has 0 unspecified atom stereocenters. The van der Waals surface area contributed by atoms with Crippen molar-refractivity contribution in [1.82, 2.24) is 15.6 Å². The first-order chi connectivity index (χ1) is 10.3. The molecule has 5 nitrogen and oxygen atoms in total. The first kappa shape index (κ1) is 15.1. The standard InChI is InChI=1S/C16H21N3O2/c1-2-3-8-18-16(20)19-10-11-21-14-6-7-15-13(12-14)5-4-9-17-15/h4-7,9,12H,2-3,8,10-11H2,1H3,(H2,18,19,20). The number of aromatic nitrogens is 1. The monoisotopic (exact) mass is 287 g/mol. The van der Waals surface area contributed by atoms with Gasteiger partial charge in [0, 0.05) is 18.1 Å². The van der Waals surface area contributed by atoms with Crippen LogP contribution in [0.1, 0.15) is 19.8 Å². The Morgan fingerprint density at radius 3 is 2.95 bits per heavy atom. The Bertz CT molecular complexity index is 586. The minimum atomic E-state index is -0.144. The van der Waals surface area contributed by atoms with Crippen molar-refractivity contribution in [2.24, 2.45) is 0 Å². The fourth-order valence-corrected chi connectivity index (χ4v) is 1.92. The molecule has 1 aromatic heterocycles. The number of unbranched alkanes of at least 4 members (excludes halogenated alkanes) is 1. The molecule has 0 saturated heterocycles. The first-order valence-electron chi connectivity index (χ1n) is 7.29. The van der Waals surface area contributed by atoms with E-state index in [9.17, 15) is 4.79 Å². The topological polar surface area (TPSA) is 63.2 Å². The van der Waals surface area contributed by atoms with Crippen LogP contribution in [0.15, 0.2) is 36.5 Å². The number of nitrogens with one attached hydrogen (secondary N) is 2. The second-order valence-electron chi connectivity index (χ2n) is 4.74. The molecule has 2 aromatic rings. The Morgan fingerprint density at radius 1 is 1.24 bits per heavy atom. The molecule has 0 radical (unpaired) electrons. The van der Waals surface area contributed by atoms with E-state index in [1.165, 1.54) is 0 Å². The summed E-state index contributed by atoms with van der Waals surface area (Å²) in [4.78, 5) is 15.7. The van der Waals surface area contributed by atoms with Crippen LogP contribution in [0.5, 0.6) is 5.75 Å². The molecule has 0 saturated carbocycles. The van der Waals surface area contributed by atoms with Gasteiger partial charge in [0.1, 0.15) is 12.4 Å². The molecule has 1 aromatic carbocycles. The number of carbonyl (C=O) groups is 1. The van der Waals surface area contributed by atoms with Gasteiger partial charge in [0.25, 0.3) is 0 Å². The lowest BCUT2D eigenvalue weighted by molar-refractivity contribution is 0.236. The zero-order valence-electron chi connectivity index (χ0n) is 12.3. The van der Waals surface area contributed by atoms with E-state index in [0.29, 0.717) is 19.7 Å². The first-order valence-corrected chi connectivity index (χ1v) is 7.29. The van der Waals surface area contributed by atoms with E-state index in [-0.39, 0.29) is 6.03 Å². The highest BCUT2D eigenvalue weighted by atomic mass is 16.5. The number of urea groups is 1. The molecule has 0 aliphatic carbocycles. The number of amides is 2. The molecule has 2 rings (SSSR count). The maximum atomic E-state index is 11.4. The second-order valence-corrected chi connectivity index (χ2v) is 4.74. The summed E-state index contributed by atoms with van der Waals surface area (Å²) in [6, 6.07) is 9.51. The number of pyridine rings is 1. The Hall–Kier alpha value is -2.30. The van der Waals surface area contributed by atoms with Gasteiger partial charge in [-0.05, 0) is 30.7 Å². The van der Waals surface area contributed by atoms with Gasteiger partial charge in [0.2, 0.25) is 0 Å². The zero-order valence-corrected chi connectivity index (χ0v) is 12.3. The number of benzene rings is 1. The molecule has 1 heterocycles. The van der Waals surface area contributed by atoms with E-state index < -0.39 is 0 Å². The molecule has 2 amide bonds. The maximum absolute atomic E-state index is 11.4. The van der Waals surface area contributed by atoms with E-state index in [0.717, 1.165) is 29.5 Å². The van der Waals surface area contributed by atoms with Crippen molar-refractivity contribution in [3.63, 3.8) is 0 Å². The molecule has 0 atom stereocenters. The average Bonchev–Trinajstić information content (AvgIpc) is 2.52. The van der Waals surface area contributed by atoms with Crippen LogP contribution in [-0.4, -0.2) is 30.7 Å². The number of fused-ring (bicyclic) bond motifs is 1. The average molecular weight is 287 g/mol. The number of hydrogen-bond acceptors (Lipinski definition) is 3. The van der Waals surface area contributed by atoms with Gasteiger partial charge in [-0.1, -0.05) is 19.4 Å². The molecule has 0 fully saturated rings. The zero-order chi connectivity index (χ0) is 14.9. The van der Waals surface area contributed by atoms with Crippen LogP contribution in [0.4, 0.5) is 4.79 Å². The SMILES string of the molecule is CCCCNC(=O)NCCOc1ccc2ncccc2c1. The molecule has 21 heavy (non-hydrogen) atoms. The second kappa shape index (κ2) is 8.09. The summed E-state index contributed by atoms with van der Waals surface area (Å²) in [5.41, 5.74) is 0.943. The Balaban J connectivity index is 1.71. The predicted molar refractivity (Wildman–Crippen MR) is 83.5 cm³/mol. The van der Waals surface area contributed by atoms with Crippen molar-refractivity contribution in [3.05, 3.63) is 36.5 Å². The number of hydrogen-bond donors (Lipinski definition) is 2. The maximum Gasteiger partial charge on any atom is 0.314 e. The quantitative estimate of drug-likeness (QED) is 0.770. The number of carbonyl (C=O) groups excluding carboxylic acids is 1. The third-order valence-electron chi connectivity index (χ3n) is 3.05. The van der Waals surface area contributed by atoms with E-state index >= 15 is 0 Å². The van der Waals surface area contributed by atoms with Crippen molar-refractivity contribution in [1.29, 1.82) is 0 Å². The molecule has 0 spiro atoms. The molecular formula is C16H21N3O2. The highest BCUT2D eigenvalue weighted by Crippen LogP contribution is 2.18. The summed E-state index contributed by atoms with van der Waals surface area (Å²) >= 11 is 0. The fraction of sp³-hybridized carbons (Fsp3) is 0.375. The Morgan fingerprint density at radius 2 is 2.10 bits per heavy atom. The Kier molecular flexibility index (Phi) is 5.82. The van der Waals surface area contributed by atoms with Crippen molar-refractivity contribution in [2.75, 3.05) is 19.7 Å². The van der Waals surface area contributed by atoms with Gasteiger partial charge in [-0.3, -0.25) is 4.98 Å². The van der Waals surface area contributed by atoms with E-state index in [4.69, 9.17) is 4.74 Å². The van der Waals surface area contributed by atoms with Crippen LogP contribution in [-0.2, 0) is 0 Å². The summed E-state index contributed by atoms with van der Waals surface area (Å²) < 4.78 is 5.62. The van der Waals surface area contributed by atoms with Crippen LogP contribution in [0.2, 0.25) is 0 Å². The van der Waals surface area contributed by atoms with Gasteiger partial charge in [-0.25, -0.2) is 4.79 Å². The number of ether oxygens (including phenoxy) is 1. The summed E-state index contributed by atoms with van der Waals surface area (Å²) in [6.45, 7) is 3.71. The minimum absolute atomic E-state index is 0.144. The summed E-state index contributed by atoms with van der Waals surface area (Å²) in [5.74, 6) is 0.781. The molecular weight excluding hydrogens is 266 g/mol. The van der Waals surface area contributed by atoms with Crippen molar-refractivity contribution in [3.8, 4) is 5.75 Å². The summed E-state index contributed by atoms with van der Waals surface area (Å²) in [5, 5.41) is 6.60. The fourth-order valence-electron chi connectivity index (χ4n) is 1.92. The molecule has 0 bridgehead atoms. The van der Waals surface area contributed by atoms with Crippen LogP contribution in [0.25, 0.3) is 10.9 Å².